The standard InChI is InChI=1S/C20H23N5O/c1-23(2)19-16-7-5-4-6-15(16)14(10-21-19)11-25-9-8-17-18(12-25)22-13-24(3)20(17)26/h4-7,10,13H,8-9,11-12H2,1-3H3. The number of fused-ring (bicyclic) bond motifs is 2. The summed E-state index contributed by atoms with van der Waals surface area (Å²) in [6.45, 7) is 2.37. The van der Waals surface area contributed by atoms with E-state index in [1.807, 2.05) is 25.2 Å². The summed E-state index contributed by atoms with van der Waals surface area (Å²) in [5.74, 6) is 0.985. The van der Waals surface area contributed by atoms with E-state index in [-0.39, 0.29) is 5.56 Å². The minimum atomic E-state index is 0.0807. The maximum absolute atomic E-state index is 12.2. The zero-order valence-electron chi connectivity index (χ0n) is 15.4. The Labute approximate surface area is 152 Å². The summed E-state index contributed by atoms with van der Waals surface area (Å²) < 4.78 is 1.56. The van der Waals surface area contributed by atoms with E-state index >= 15 is 0 Å². The van der Waals surface area contributed by atoms with E-state index in [1.54, 1.807) is 17.9 Å². The predicted molar refractivity (Wildman–Crippen MR) is 103 cm³/mol. The van der Waals surface area contributed by atoms with Gasteiger partial charge in [-0.2, -0.15) is 0 Å². The van der Waals surface area contributed by atoms with Gasteiger partial charge in [0, 0.05) is 57.9 Å². The first-order valence-electron chi connectivity index (χ1n) is 8.84. The molecule has 2 aromatic heterocycles. The lowest BCUT2D eigenvalue weighted by atomic mass is 10.0. The van der Waals surface area contributed by atoms with E-state index < -0.39 is 0 Å². The molecule has 6 nitrogen and oxygen atoms in total. The molecule has 3 aromatic rings. The Morgan fingerprint density at radius 1 is 1.15 bits per heavy atom. The molecule has 1 aromatic carbocycles. The van der Waals surface area contributed by atoms with Gasteiger partial charge < -0.3 is 9.47 Å². The summed E-state index contributed by atoms with van der Waals surface area (Å²) in [5.41, 5.74) is 3.05. The number of benzene rings is 1. The highest BCUT2D eigenvalue weighted by Crippen LogP contribution is 2.27. The lowest BCUT2D eigenvalue weighted by Crippen LogP contribution is -2.36. The quantitative estimate of drug-likeness (QED) is 0.723. The van der Waals surface area contributed by atoms with Crippen LogP contribution in [0.1, 0.15) is 16.8 Å². The summed E-state index contributed by atoms with van der Waals surface area (Å²) in [5, 5.41) is 2.40. The number of hydrogen-bond donors (Lipinski definition) is 0. The highest BCUT2D eigenvalue weighted by atomic mass is 16.1. The van der Waals surface area contributed by atoms with Gasteiger partial charge in [0.15, 0.2) is 0 Å². The lowest BCUT2D eigenvalue weighted by molar-refractivity contribution is 0.240. The first-order valence-corrected chi connectivity index (χ1v) is 8.84. The molecule has 134 valence electrons. The molecule has 0 unspecified atom stereocenters. The van der Waals surface area contributed by atoms with Gasteiger partial charge in [-0.15, -0.1) is 0 Å². The Hall–Kier alpha value is -2.73. The van der Waals surface area contributed by atoms with Crippen molar-refractivity contribution in [2.45, 2.75) is 19.5 Å². The molecule has 0 atom stereocenters. The van der Waals surface area contributed by atoms with Crippen molar-refractivity contribution in [2.24, 2.45) is 7.05 Å². The Morgan fingerprint density at radius 2 is 1.92 bits per heavy atom. The van der Waals surface area contributed by atoms with E-state index in [1.165, 1.54) is 16.3 Å². The minimum Gasteiger partial charge on any atom is -0.362 e. The van der Waals surface area contributed by atoms with E-state index in [4.69, 9.17) is 0 Å². The molecule has 0 saturated heterocycles. The SMILES string of the molecule is CN(C)c1ncc(CN2CCc3c(ncn(C)c3=O)C2)c2ccccc12. The average Bonchev–Trinajstić information content (AvgIpc) is 2.65. The number of hydrogen-bond acceptors (Lipinski definition) is 5. The number of aryl methyl sites for hydroxylation is 1. The summed E-state index contributed by atoms with van der Waals surface area (Å²) >= 11 is 0. The van der Waals surface area contributed by atoms with Crippen LogP contribution in [0.3, 0.4) is 0 Å². The van der Waals surface area contributed by atoms with Crippen LogP contribution in [-0.4, -0.2) is 40.1 Å². The van der Waals surface area contributed by atoms with Crippen LogP contribution in [0.2, 0.25) is 0 Å². The van der Waals surface area contributed by atoms with E-state index in [9.17, 15) is 4.79 Å². The molecule has 4 rings (SSSR count). The summed E-state index contributed by atoms with van der Waals surface area (Å²) in [7, 11) is 5.79. The Kier molecular flexibility index (Phi) is 4.20. The van der Waals surface area contributed by atoms with Crippen molar-refractivity contribution in [3.63, 3.8) is 0 Å². The van der Waals surface area contributed by atoms with Crippen molar-refractivity contribution < 1.29 is 0 Å². The fourth-order valence-corrected chi connectivity index (χ4v) is 3.67. The maximum atomic E-state index is 12.2. The molecule has 0 aliphatic carbocycles. The van der Waals surface area contributed by atoms with Crippen molar-refractivity contribution in [3.05, 3.63) is 64.0 Å². The molecule has 0 saturated carbocycles. The molecule has 1 aliphatic heterocycles. The zero-order chi connectivity index (χ0) is 18.3. The van der Waals surface area contributed by atoms with Crippen molar-refractivity contribution in [1.29, 1.82) is 0 Å². The second-order valence-corrected chi connectivity index (χ2v) is 7.09. The third-order valence-electron chi connectivity index (χ3n) is 5.04. The van der Waals surface area contributed by atoms with Crippen LogP contribution >= 0.6 is 0 Å². The molecular formula is C20H23N5O. The van der Waals surface area contributed by atoms with Gasteiger partial charge in [0.2, 0.25) is 0 Å². The molecular weight excluding hydrogens is 326 g/mol. The number of pyridine rings is 1. The van der Waals surface area contributed by atoms with Crippen molar-refractivity contribution in [3.8, 4) is 0 Å². The summed E-state index contributed by atoms with van der Waals surface area (Å²) in [4.78, 5) is 25.8. The summed E-state index contributed by atoms with van der Waals surface area (Å²) in [6, 6.07) is 8.41. The third kappa shape index (κ3) is 2.86. The molecule has 0 amide bonds. The normalized spacial score (nSPS) is 14.4. The number of aromatic nitrogens is 3. The average molecular weight is 349 g/mol. The van der Waals surface area contributed by atoms with E-state index in [0.29, 0.717) is 6.54 Å². The topological polar surface area (TPSA) is 54.3 Å². The molecule has 26 heavy (non-hydrogen) atoms. The van der Waals surface area contributed by atoms with Gasteiger partial charge in [0.25, 0.3) is 5.56 Å². The van der Waals surface area contributed by atoms with Gasteiger partial charge in [0.05, 0.1) is 12.0 Å². The number of rotatable bonds is 3. The molecule has 6 heteroatoms. The maximum Gasteiger partial charge on any atom is 0.256 e. The fraction of sp³-hybridized carbons (Fsp3) is 0.350. The third-order valence-corrected chi connectivity index (χ3v) is 5.04. The first-order chi connectivity index (χ1) is 12.5. The van der Waals surface area contributed by atoms with Crippen LogP contribution in [0.25, 0.3) is 10.8 Å². The van der Waals surface area contributed by atoms with Gasteiger partial charge >= 0.3 is 0 Å². The van der Waals surface area contributed by atoms with Crippen LogP contribution in [0.5, 0.6) is 0 Å². The smallest absolute Gasteiger partial charge is 0.256 e. The highest BCUT2D eigenvalue weighted by molar-refractivity contribution is 5.94. The van der Waals surface area contributed by atoms with Gasteiger partial charge in [-0.1, -0.05) is 24.3 Å². The fourth-order valence-electron chi connectivity index (χ4n) is 3.67. The van der Waals surface area contributed by atoms with Gasteiger partial charge in [-0.25, -0.2) is 9.97 Å². The molecule has 0 fully saturated rings. The first kappa shape index (κ1) is 16.7. The highest BCUT2D eigenvalue weighted by Gasteiger charge is 2.21. The van der Waals surface area contributed by atoms with E-state index in [2.05, 4.69) is 39.1 Å². The Balaban J connectivity index is 1.65. The van der Waals surface area contributed by atoms with Crippen molar-refractivity contribution in [2.75, 3.05) is 25.5 Å². The number of anilines is 1. The monoisotopic (exact) mass is 349 g/mol. The molecule has 0 N–H and O–H groups in total. The lowest BCUT2D eigenvalue weighted by Gasteiger charge is -2.28. The van der Waals surface area contributed by atoms with Crippen LogP contribution in [-0.2, 0) is 26.6 Å². The second-order valence-electron chi connectivity index (χ2n) is 7.09. The van der Waals surface area contributed by atoms with Gasteiger partial charge in [-0.3, -0.25) is 9.69 Å². The summed E-state index contributed by atoms with van der Waals surface area (Å²) in [6.07, 6.45) is 4.34. The molecule has 0 bridgehead atoms. The Morgan fingerprint density at radius 3 is 2.69 bits per heavy atom. The number of nitrogens with zero attached hydrogens (tertiary/aromatic N) is 5. The predicted octanol–water partition coefficient (Wildman–Crippen LogP) is 1.95. The van der Waals surface area contributed by atoms with Crippen LogP contribution < -0.4 is 10.5 Å². The van der Waals surface area contributed by atoms with Gasteiger partial charge in [-0.05, 0) is 17.4 Å². The van der Waals surface area contributed by atoms with Crippen LogP contribution in [0.15, 0.2) is 41.6 Å². The van der Waals surface area contributed by atoms with Crippen molar-refractivity contribution in [1.82, 2.24) is 19.4 Å². The van der Waals surface area contributed by atoms with Crippen LogP contribution in [0.4, 0.5) is 5.82 Å². The zero-order valence-corrected chi connectivity index (χ0v) is 15.4. The minimum absolute atomic E-state index is 0.0807. The largest absolute Gasteiger partial charge is 0.362 e. The molecule has 3 heterocycles. The second kappa shape index (κ2) is 6.53. The van der Waals surface area contributed by atoms with Gasteiger partial charge in [0.1, 0.15) is 5.82 Å². The van der Waals surface area contributed by atoms with E-state index in [0.717, 1.165) is 36.6 Å². The van der Waals surface area contributed by atoms with Crippen molar-refractivity contribution >= 4 is 16.6 Å². The Bertz CT molecular complexity index is 1020. The molecule has 0 spiro atoms. The van der Waals surface area contributed by atoms with Crippen LogP contribution in [0, 0.1) is 0 Å². The molecule has 1 aliphatic rings. The molecule has 0 radical (unpaired) electrons.